The van der Waals surface area contributed by atoms with Crippen LogP contribution in [0.1, 0.15) is 26.2 Å². The van der Waals surface area contributed by atoms with Gasteiger partial charge in [-0.25, -0.2) is 0 Å². The third-order valence-corrected chi connectivity index (χ3v) is 5.62. The zero-order valence-electron chi connectivity index (χ0n) is 14.9. The maximum Gasteiger partial charge on any atom is 0.233 e. The summed E-state index contributed by atoms with van der Waals surface area (Å²) in [6.07, 6.45) is 3.41. The molecule has 0 bridgehead atoms. The van der Waals surface area contributed by atoms with Gasteiger partial charge in [-0.3, -0.25) is 4.79 Å². The van der Waals surface area contributed by atoms with E-state index in [4.69, 9.17) is 4.74 Å². The minimum Gasteiger partial charge on any atom is -0.497 e. The molecule has 0 saturated carbocycles. The highest BCUT2D eigenvalue weighted by atomic mass is 32.2. The predicted octanol–water partition coefficient (Wildman–Crippen LogP) is 2.98. The van der Waals surface area contributed by atoms with E-state index < -0.39 is 0 Å². The first kappa shape index (κ1) is 17.8. The van der Waals surface area contributed by atoms with Crippen LogP contribution in [0.3, 0.4) is 0 Å². The van der Waals surface area contributed by atoms with Crippen LogP contribution in [-0.4, -0.2) is 51.0 Å². The monoisotopic (exact) mass is 360 g/mol. The topological polar surface area (TPSA) is 60.3 Å². The Hall–Kier alpha value is -2.02. The number of nitrogens with zero attached hydrogens (tertiary/aromatic N) is 4. The SMILES string of the molecule is COc1cccc(-c2nnc(SCC(=O)N3CCCCC3C)n2C)c1. The number of piperidine rings is 1. The van der Waals surface area contributed by atoms with Gasteiger partial charge in [0.25, 0.3) is 0 Å². The van der Waals surface area contributed by atoms with Gasteiger partial charge in [0.2, 0.25) is 5.91 Å². The molecule has 6 nitrogen and oxygen atoms in total. The highest BCUT2D eigenvalue weighted by Gasteiger charge is 2.23. The molecule has 2 aromatic rings. The van der Waals surface area contributed by atoms with Gasteiger partial charge >= 0.3 is 0 Å². The second kappa shape index (κ2) is 7.91. The van der Waals surface area contributed by atoms with Crippen molar-refractivity contribution in [2.24, 2.45) is 7.05 Å². The third kappa shape index (κ3) is 3.98. The normalized spacial score (nSPS) is 17.6. The molecule has 0 spiro atoms. The second-order valence-corrected chi connectivity index (χ2v) is 7.26. The van der Waals surface area contributed by atoms with E-state index in [1.807, 2.05) is 40.8 Å². The number of carbonyl (C=O) groups excluding carboxylic acids is 1. The molecule has 2 heterocycles. The van der Waals surface area contributed by atoms with Gasteiger partial charge in [-0.15, -0.1) is 10.2 Å². The van der Waals surface area contributed by atoms with Gasteiger partial charge in [0.1, 0.15) is 5.75 Å². The summed E-state index contributed by atoms with van der Waals surface area (Å²) in [4.78, 5) is 14.5. The number of hydrogen-bond acceptors (Lipinski definition) is 5. The quantitative estimate of drug-likeness (QED) is 0.767. The average Bonchev–Trinajstić information content (AvgIpc) is 3.00. The minimum atomic E-state index is 0.183. The van der Waals surface area contributed by atoms with Crippen molar-refractivity contribution < 1.29 is 9.53 Å². The number of hydrogen-bond donors (Lipinski definition) is 0. The fourth-order valence-corrected chi connectivity index (χ4v) is 3.93. The van der Waals surface area contributed by atoms with Gasteiger partial charge in [0, 0.05) is 25.2 Å². The van der Waals surface area contributed by atoms with Crippen LogP contribution >= 0.6 is 11.8 Å². The molecule has 1 unspecified atom stereocenters. The number of rotatable bonds is 5. The summed E-state index contributed by atoms with van der Waals surface area (Å²) >= 11 is 1.44. The van der Waals surface area contributed by atoms with E-state index in [9.17, 15) is 4.79 Å². The van der Waals surface area contributed by atoms with Gasteiger partial charge in [-0.2, -0.15) is 0 Å². The van der Waals surface area contributed by atoms with Crippen LogP contribution in [0.2, 0.25) is 0 Å². The van der Waals surface area contributed by atoms with Crippen molar-refractivity contribution in [1.82, 2.24) is 19.7 Å². The molecule has 25 heavy (non-hydrogen) atoms. The van der Waals surface area contributed by atoms with Crippen LogP contribution in [0.25, 0.3) is 11.4 Å². The van der Waals surface area contributed by atoms with Crippen molar-refractivity contribution in [3.63, 3.8) is 0 Å². The largest absolute Gasteiger partial charge is 0.497 e. The van der Waals surface area contributed by atoms with E-state index in [1.165, 1.54) is 18.2 Å². The van der Waals surface area contributed by atoms with Crippen molar-refractivity contribution in [3.8, 4) is 17.1 Å². The lowest BCUT2D eigenvalue weighted by atomic mass is 10.0. The Morgan fingerprint density at radius 1 is 1.36 bits per heavy atom. The number of methoxy groups -OCH3 is 1. The van der Waals surface area contributed by atoms with Crippen molar-refractivity contribution in [2.45, 2.75) is 37.4 Å². The Kier molecular flexibility index (Phi) is 5.63. The van der Waals surface area contributed by atoms with Gasteiger partial charge in [0.05, 0.1) is 12.9 Å². The van der Waals surface area contributed by atoms with Crippen molar-refractivity contribution in [2.75, 3.05) is 19.4 Å². The van der Waals surface area contributed by atoms with Crippen LogP contribution in [0.5, 0.6) is 5.75 Å². The molecule has 134 valence electrons. The van der Waals surface area contributed by atoms with E-state index in [-0.39, 0.29) is 5.91 Å². The Balaban J connectivity index is 1.68. The number of aromatic nitrogens is 3. The fraction of sp³-hybridized carbons (Fsp3) is 0.500. The first-order chi connectivity index (χ1) is 12.1. The molecule has 3 rings (SSSR count). The Morgan fingerprint density at radius 3 is 2.96 bits per heavy atom. The van der Waals surface area contributed by atoms with Crippen LogP contribution in [0.4, 0.5) is 0 Å². The maximum atomic E-state index is 12.5. The molecule has 1 atom stereocenters. The predicted molar refractivity (Wildman–Crippen MR) is 98.7 cm³/mol. The van der Waals surface area contributed by atoms with Crippen molar-refractivity contribution in [1.29, 1.82) is 0 Å². The number of likely N-dealkylation sites (tertiary alicyclic amines) is 1. The van der Waals surface area contributed by atoms with E-state index in [0.717, 1.165) is 41.7 Å². The number of benzene rings is 1. The lowest BCUT2D eigenvalue weighted by Crippen LogP contribution is -2.42. The first-order valence-corrected chi connectivity index (χ1v) is 9.55. The highest BCUT2D eigenvalue weighted by molar-refractivity contribution is 7.99. The van der Waals surface area contributed by atoms with Crippen LogP contribution in [0, 0.1) is 0 Å². The minimum absolute atomic E-state index is 0.183. The van der Waals surface area contributed by atoms with E-state index >= 15 is 0 Å². The van der Waals surface area contributed by atoms with Crippen LogP contribution in [0.15, 0.2) is 29.4 Å². The molecule has 1 aliphatic heterocycles. The summed E-state index contributed by atoms with van der Waals surface area (Å²) in [5, 5.41) is 9.27. The zero-order chi connectivity index (χ0) is 17.8. The number of thioether (sulfide) groups is 1. The van der Waals surface area contributed by atoms with Crippen molar-refractivity contribution in [3.05, 3.63) is 24.3 Å². The van der Waals surface area contributed by atoms with Crippen molar-refractivity contribution >= 4 is 17.7 Å². The smallest absolute Gasteiger partial charge is 0.233 e. The Labute approximate surface area is 152 Å². The van der Waals surface area contributed by atoms with Gasteiger partial charge in [0.15, 0.2) is 11.0 Å². The number of ether oxygens (including phenoxy) is 1. The molecule has 0 radical (unpaired) electrons. The zero-order valence-corrected chi connectivity index (χ0v) is 15.8. The van der Waals surface area contributed by atoms with E-state index in [1.54, 1.807) is 7.11 Å². The summed E-state index contributed by atoms with van der Waals surface area (Å²) in [6, 6.07) is 8.07. The summed E-state index contributed by atoms with van der Waals surface area (Å²) in [6.45, 7) is 3.00. The summed E-state index contributed by atoms with van der Waals surface area (Å²) < 4.78 is 7.19. The molecule has 7 heteroatoms. The average molecular weight is 360 g/mol. The molecule has 0 aliphatic carbocycles. The van der Waals surface area contributed by atoms with E-state index in [2.05, 4.69) is 17.1 Å². The summed E-state index contributed by atoms with van der Waals surface area (Å²) in [5.41, 5.74) is 0.942. The molecule has 1 amide bonds. The Morgan fingerprint density at radius 2 is 2.20 bits per heavy atom. The molecule has 0 N–H and O–H groups in total. The summed E-state index contributed by atoms with van der Waals surface area (Å²) in [7, 11) is 3.56. The molecular formula is C18H24N4O2S. The first-order valence-electron chi connectivity index (χ1n) is 8.56. The molecule has 1 aliphatic rings. The second-order valence-electron chi connectivity index (χ2n) is 6.32. The number of amides is 1. The fourth-order valence-electron chi connectivity index (χ4n) is 3.13. The Bertz CT molecular complexity index is 746. The van der Waals surface area contributed by atoms with Gasteiger partial charge in [-0.1, -0.05) is 23.9 Å². The van der Waals surface area contributed by atoms with Gasteiger partial charge in [-0.05, 0) is 38.3 Å². The van der Waals surface area contributed by atoms with Crippen LogP contribution in [-0.2, 0) is 11.8 Å². The molecule has 1 saturated heterocycles. The van der Waals surface area contributed by atoms with Gasteiger partial charge < -0.3 is 14.2 Å². The lowest BCUT2D eigenvalue weighted by Gasteiger charge is -2.33. The third-order valence-electron chi connectivity index (χ3n) is 4.61. The highest BCUT2D eigenvalue weighted by Crippen LogP contribution is 2.26. The lowest BCUT2D eigenvalue weighted by molar-refractivity contribution is -0.131. The number of carbonyl (C=O) groups is 1. The van der Waals surface area contributed by atoms with Crippen LogP contribution < -0.4 is 4.74 Å². The van der Waals surface area contributed by atoms with E-state index in [0.29, 0.717) is 11.8 Å². The maximum absolute atomic E-state index is 12.5. The summed E-state index contributed by atoms with van der Waals surface area (Å²) in [5.74, 6) is 2.13. The molecular weight excluding hydrogens is 336 g/mol. The molecule has 1 fully saturated rings. The standard InChI is InChI=1S/C18H24N4O2S/c1-13-7-4-5-10-22(13)16(23)12-25-18-20-19-17(21(18)2)14-8-6-9-15(11-14)24-3/h6,8-9,11,13H,4-5,7,10,12H2,1-3H3. The molecule has 1 aromatic heterocycles. The molecule has 1 aromatic carbocycles.